The minimum Gasteiger partial charge on any atom is -0.389 e. The van der Waals surface area contributed by atoms with Gasteiger partial charge in [0.05, 0.1) is 19.3 Å². The molecule has 1 atom stereocenters. The van der Waals surface area contributed by atoms with Gasteiger partial charge in [0, 0.05) is 35.0 Å². The molecular weight excluding hydrogens is 408 g/mol. The summed E-state index contributed by atoms with van der Waals surface area (Å²) in [5, 5.41) is 12.4. The van der Waals surface area contributed by atoms with E-state index in [2.05, 4.69) is 60.7 Å². The Hall–Kier alpha value is -1.02. The molecule has 1 unspecified atom stereocenters. The topological polar surface area (TPSA) is 91.4 Å². The number of ether oxygens (including phenoxy) is 2. The summed E-state index contributed by atoms with van der Waals surface area (Å²) in [5.74, 6) is 0.132. The summed E-state index contributed by atoms with van der Waals surface area (Å²) in [4.78, 5) is 25.3. The van der Waals surface area contributed by atoms with Gasteiger partial charge in [-0.25, -0.2) is 0 Å². The molecule has 0 aromatic rings. The van der Waals surface area contributed by atoms with Crippen molar-refractivity contribution < 1.29 is 24.2 Å². The molecule has 0 radical (unpaired) electrons. The van der Waals surface area contributed by atoms with Gasteiger partial charge in [-0.3, -0.25) is 9.59 Å². The van der Waals surface area contributed by atoms with Crippen LogP contribution in [-0.4, -0.2) is 75.9 Å². The van der Waals surface area contributed by atoms with Crippen molar-refractivity contribution in [3.8, 4) is 0 Å². The van der Waals surface area contributed by atoms with Crippen molar-refractivity contribution in [3.05, 3.63) is 0 Å². The molecule has 2 N–H and O–H groups in total. The number of hydrogen-bond donors (Lipinski definition) is 2. The summed E-state index contributed by atoms with van der Waals surface area (Å²) in [6.07, 6.45) is 3.94. The highest BCUT2D eigenvalue weighted by atomic mass is 16.6. The number of likely N-dealkylation sites (tertiary alicyclic amines) is 1. The maximum atomic E-state index is 11.9. The molecular formula is C25H46N2O5. The second-order valence-corrected chi connectivity index (χ2v) is 12.4. The molecule has 32 heavy (non-hydrogen) atoms. The van der Waals surface area contributed by atoms with Gasteiger partial charge in [0.2, 0.25) is 5.91 Å². The Morgan fingerprint density at radius 2 is 1.44 bits per heavy atom. The fourth-order valence-electron chi connectivity index (χ4n) is 6.25. The van der Waals surface area contributed by atoms with Crippen LogP contribution in [0.25, 0.3) is 0 Å². The van der Waals surface area contributed by atoms with Crippen LogP contribution in [0.4, 0.5) is 0 Å². The molecule has 3 aliphatic rings. The summed E-state index contributed by atoms with van der Waals surface area (Å²) >= 11 is 0. The molecule has 0 aromatic heterocycles. The number of Topliss-reactive ketones (excluding diaryl/α,β-unsaturated/α-hetero) is 1. The molecule has 3 fully saturated rings. The van der Waals surface area contributed by atoms with Crippen molar-refractivity contribution in [1.29, 1.82) is 0 Å². The fraction of sp³-hybridized carbons (Fsp3) is 0.920. The molecule has 186 valence electrons. The number of aliphatic hydroxyl groups is 1. The summed E-state index contributed by atoms with van der Waals surface area (Å²) in [5.41, 5.74) is -0.334. The number of epoxide rings is 1. The Labute approximate surface area is 194 Å². The second kappa shape index (κ2) is 9.69. The van der Waals surface area contributed by atoms with Gasteiger partial charge in [-0.15, -0.1) is 0 Å². The van der Waals surface area contributed by atoms with Crippen LogP contribution in [0.15, 0.2) is 0 Å². The zero-order valence-corrected chi connectivity index (χ0v) is 21.7. The highest BCUT2D eigenvalue weighted by Crippen LogP contribution is 2.39. The van der Waals surface area contributed by atoms with Gasteiger partial charge >= 0.3 is 0 Å². The Bertz CT molecular complexity index is 648. The number of hydrogen-bond acceptors (Lipinski definition) is 6. The van der Waals surface area contributed by atoms with E-state index in [0.717, 1.165) is 32.3 Å². The zero-order chi connectivity index (χ0) is 24.5. The van der Waals surface area contributed by atoms with Crippen molar-refractivity contribution >= 4 is 11.7 Å². The third-order valence-electron chi connectivity index (χ3n) is 6.70. The first-order valence-corrected chi connectivity index (χ1v) is 11.9. The number of ketones is 1. The molecule has 3 heterocycles. The molecule has 7 heteroatoms. The number of amides is 1. The van der Waals surface area contributed by atoms with Gasteiger partial charge in [0.15, 0.2) is 5.78 Å². The molecule has 3 aliphatic heterocycles. The molecule has 0 aromatic carbocycles. The van der Waals surface area contributed by atoms with Crippen LogP contribution in [0, 0.1) is 5.92 Å². The smallest absolute Gasteiger partial charge is 0.220 e. The highest BCUT2D eigenvalue weighted by molar-refractivity contribution is 5.82. The summed E-state index contributed by atoms with van der Waals surface area (Å²) in [6, 6.07) is 0. The van der Waals surface area contributed by atoms with Crippen LogP contribution in [-0.2, 0) is 19.1 Å². The Kier molecular flexibility index (Phi) is 8.24. The summed E-state index contributed by atoms with van der Waals surface area (Å²) < 4.78 is 11.1. The second-order valence-electron chi connectivity index (χ2n) is 12.4. The third-order valence-corrected chi connectivity index (χ3v) is 6.70. The van der Waals surface area contributed by atoms with E-state index in [0.29, 0.717) is 12.7 Å². The molecule has 3 saturated heterocycles. The molecule has 0 bridgehead atoms. The van der Waals surface area contributed by atoms with Gasteiger partial charge in [-0.05, 0) is 81.1 Å². The zero-order valence-electron chi connectivity index (χ0n) is 21.7. The largest absolute Gasteiger partial charge is 0.389 e. The van der Waals surface area contributed by atoms with Gasteiger partial charge < -0.3 is 24.8 Å². The van der Waals surface area contributed by atoms with Gasteiger partial charge in [-0.1, -0.05) is 0 Å². The van der Waals surface area contributed by atoms with Gasteiger partial charge in [0.1, 0.15) is 12.7 Å². The highest BCUT2D eigenvalue weighted by Gasteiger charge is 2.47. The quantitative estimate of drug-likeness (QED) is 0.621. The lowest BCUT2D eigenvalue weighted by Gasteiger charge is -2.54. The summed E-state index contributed by atoms with van der Waals surface area (Å²) in [6.45, 7) is 19.8. The lowest BCUT2D eigenvalue weighted by molar-refractivity contribution is -0.156. The van der Waals surface area contributed by atoms with E-state index in [9.17, 15) is 9.59 Å². The average molecular weight is 455 g/mol. The van der Waals surface area contributed by atoms with E-state index in [4.69, 9.17) is 14.6 Å². The first-order valence-electron chi connectivity index (χ1n) is 11.9. The predicted octanol–water partition coefficient (Wildman–Crippen LogP) is 3.07. The Balaban J connectivity index is 0.000000235. The third kappa shape index (κ3) is 7.51. The molecule has 1 amide bonds. The van der Waals surface area contributed by atoms with E-state index < -0.39 is 0 Å². The minimum absolute atomic E-state index is 0.00579. The fourth-order valence-corrected chi connectivity index (χ4v) is 6.25. The molecule has 0 spiro atoms. The van der Waals surface area contributed by atoms with Gasteiger partial charge in [-0.2, -0.15) is 0 Å². The molecule has 0 saturated carbocycles. The van der Waals surface area contributed by atoms with Crippen molar-refractivity contribution in [3.63, 3.8) is 0 Å². The first kappa shape index (κ1) is 27.2. The van der Waals surface area contributed by atoms with E-state index in [1.54, 1.807) is 6.92 Å². The Morgan fingerprint density at radius 1 is 0.969 bits per heavy atom. The van der Waals surface area contributed by atoms with Gasteiger partial charge in [0.25, 0.3) is 0 Å². The maximum Gasteiger partial charge on any atom is 0.220 e. The van der Waals surface area contributed by atoms with Crippen LogP contribution < -0.4 is 5.32 Å². The number of aliphatic hydroxyl groups excluding tert-OH is 1. The monoisotopic (exact) mass is 454 g/mol. The van der Waals surface area contributed by atoms with Crippen LogP contribution >= 0.6 is 0 Å². The van der Waals surface area contributed by atoms with Crippen LogP contribution in [0.1, 0.15) is 88.0 Å². The number of carbonyl (C=O) groups is 2. The number of carbonyl (C=O) groups excluding carboxylic acids is 2. The number of rotatable bonds is 5. The number of piperidine rings is 2. The molecule has 7 nitrogen and oxygen atoms in total. The molecule has 0 aliphatic carbocycles. The van der Waals surface area contributed by atoms with Crippen molar-refractivity contribution in [1.82, 2.24) is 10.2 Å². The van der Waals surface area contributed by atoms with E-state index in [1.165, 1.54) is 0 Å². The van der Waals surface area contributed by atoms with Crippen LogP contribution in [0.2, 0.25) is 0 Å². The minimum atomic E-state index is -0.323. The van der Waals surface area contributed by atoms with Crippen molar-refractivity contribution in [2.24, 2.45) is 5.92 Å². The maximum absolute atomic E-state index is 11.9. The van der Waals surface area contributed by atoms with Crippen LogP contribution in [0.3, 0.4) is 0 Å². The van der Waals surface area contributed by atoms with E-state index in [-0.39, 0.29) is 52.5 Å². The number of nitrogens with zero attached hydrogens (tertiary/aromatic N) is 1. The lowest BCUT2D eigenvalue weighted by Crippen LogP contribution is -2.63. The van der Waals surface area contributed by atoms with E-state index in [1.807, 2.05) is 4.90 Å². The predicted molar refractivity (Wildman–Crippen MR) is 126 cm³/mol. The van der Waals surface area contributed by atoms with Crippen LogP contribution in [0.5, 0.6) is 0 Å². The van der Waals surface area contributed by atoms with Crippen molar-refractivity contribution in [2.75, 3.05) is 19.8 Å². The lowest BCUT2D eigenvalue weighted by atomic mass is 9.74. The standard InChI is InChI=1S/C14H25NO3.C11H21NO2/c1-10(16)15-13(2,3)6-11(7-14(15,4)5)17-8-12-9-18-12;1-10(2)5-8(9(14)7-13)6-11(3,4)12-10/h11-12H,6-9H2,1-5H3;8,12-13H,5-7H2,1-4H3. The molecule has 3 rings (SSSR count). The normalized spacial score (nSPS) is 28.4. The first-order chi connectivity index (χ1) is 14.5. The SMILES string of the molecule is CC(=O)N1C(C)(C)CC(OCC2CO2)CC1(C)C.CC1(C)CC(C(=O)CO)CC(C)(C)N1. The van der Waals surface area contributed by atoms with Crippen molar-refractivity contribution in [2.45, 2.75) is 122 Å². The summed E-state index contributed by atoms with van der Waals surface area (Å²) in [7, 11) is 0. The van der Waals surface area contributed by atoms with E-state index >= 15 is 0 Å². The average Bonchev–Trinajstić information content (AvgIpc) is 3.38. The Morgan fingerprint density at radius 3 is 1.81 bits per heavy atom. The number of nitrogens with one attached hydrogen (secondary N) is 1.